The normalized spacial score (nSPS) is 12.9. The summed E-state index contributed by atoms with van der Waals surface area (Å²) in [6, 6.07) is 11.5. The summed E-state index contributed by atoms with van der Waals surface area (Å²) >= 11 is 6.09. The highest BCUT2D eigenvalue weighted by molar-refractivity contribution is 6.30. The fourth-order valence-corrected chi connectivity index (χ4v) is 3.15. The summed E-state index contributed by atoms with van der Waals surface area (Å²) in [5.74, 6) is 1.13. The maximum Gasteiger partial charge on any atom is 0.226 e. The van der Waals surface area contributed by atoms with Crippen LogP contribution in [-0.2, 0) is 13.1 Å². The Bertz CT molecular complexity index is 970. The van der Waals surface area contributed by atoms with Crippen LogP contribution in [0.3, 0.4) is 0 Å². The molecular formula is C19H16ClN5. The van der Waals surface area contributed by atoms with E-state index in [1.54, 1.807) is 18.5 Å². The highest BCUT2D eigenvalue weighted by Gasteiger charge is 2.21. The first kappa shape index (κ1) is 15.6. The van der Waals surface area contributed by atoms with Crippen LogP contribution in [0.15, 0.2) is 55.4 Å². The Morgan fingerprint density at radius 1 is 1.04 bits per heavy atom. The van der Waals surface area contributed by atoms with Gasteiger partial charge in [-0.05, 0) is 47.0 Å². The van der Waals surface area contributed by atoms with Crippen molar-refractivity contribution in [2.75, 3.05) is 10.6 Å². The molecular weight excluding hydrogens is 334 g/mol. The molecule has 2 aromatic heterocycles. The minimum absolute atomic E-state index is 0.458. The maximum absolute atomic E-state index is 6.09. The number of fused-ring (bicyclic) bond motifs is 1. The van der Waals surface area contributed by atoms with Crippen molar-refractivity contribution >= 4 is 28.9 Å². The number of benzene rings is 1. The molecule has 0 amide bonds. The lowest BCUT2D eigenvalue weighted by molar-refractivity contribution is 0.826. The van der Waals surface area contributed by atoms with E-state index in [0.717, 1.165) is 34.9 Å². The Hall–Kier alpha value is -2.92. The zero-order valence-corrected chi connectivity index (χ0v) is 14.2. The van der Waals surface area contributed by atoms with Gasteiger partial charge in [-0.25, -0.2) is 15.0 Å². The number of nitrogens with zero attached hydrogens (tertiary/aromatic N) is 4. The van der Waals surface area contributed by atoms with Gasteiger partial charge in [0.1, 0.15) is 5.82 Å². The molecule has 0 fully saturated rings. The zero-order valence-electron chi connectivity index (χ0n) is 13.5. The molecule has 25 heavy (non-hydrogen) atoms. The molecule has 3 aromatic rings. The van der Waals surface area contributed by atoms with Crippen LogP contribution in [0.25, 0.3) is 5.57 Å². The quantitative estimate of drug-likeness (QED) is 0.781. The second kappa shape index (κ2) is 6.18. The summed E-state index contributed by atoms with van der Waals surface area (Å²) < 4.78 is 0. The van der Waals surface area contributed by atoms with Gasteiger partial charge in [0.2, 0.25) is 5.95 Å². The first-order chi connectivity index (χ1) is 12.1. The van der Waals surface area contributed by atoms with Crippen LogP contribution in [0, 0.1) is 0 Å². The van der Waals surface area contributed by atoms with Crippen LogP contribution in [0.1, 0.15) is 22.4 Å². The number of pyridine rings is 1. The van der Waals surface area contributed by atoms with Crippen LogP contribution in [0.5, 0.6) is 0 Å². The highest BCUT2D eigenvalue weighted by atomic mass is 35.5. The summed E-state index contributed by atoms with van der Waals surface area (Å²) in [5, 5.41) is 0.749. The Labute approximate surface area is 150 Å². The summed E-state index contributed by atoms with van der Waals surface area (Å²) in [6.45, 7) is 5.66. The number of rotatable bonds is 3. The second-order valence-corrected chi connectivity index (χ2v) is 6.40. The van der Waals surface area contributed by atoms with Crippen molar-refractivity contribution in [2.45, 2.75) is 13.1 Å². The first-order valence-electron chi connectivity index (χ1n) is 7.86. The van der Waals surface area contributed by atoms with Gasteiger partial charge in [0.15, 0.2) is 0 Å². The number of nitrogen functional groups attached to an aromatic ring is 1. The number of hydrogen-bond donors (Lipinski definition) is 1. The lowest BCUT2D eigenvalue weighted by atomic mass is 10.1. The number of nitrogens with two attached hydrogens (primary N) is 1. The fraction of sp³-hybridized carbons (Fsp3) is 0.105. The predicted molar refractivity (Wildman–Crippen MR) is 100 cm³/mol. The summed E-state index contributed by atoms with van der Waals surface area (Å²) in [7, 11) is 0. The maximum atomic E-state index is 6.09. The average molecular weight is 350 g/mol. The fourth-order valence-electron chi connectivity index (χ4n) is 2.96. The van der Waals surface area contributed by atoms with Gasteiger partial charge in [0, 0.05) is 36.1 Å². The topological polar surface area (TPSA) is 67.9 Å². The molecule has 0 unspecified atom stereocenters. The lowest BCUT2D eigenvalue weighted by Gasteiger charge is -2.16. The molecule has 1 aromatic carbocycles. The van der Waals surface area contributed by atoms with Crippen LogP contribution in [-0.4, -0.2) is 15.0 Å². The minimum atomic E-state index is 0.458. The number of hydrogen-bond acceptors (Lipinski definition) is 5. The van der Waals surface area contributed by atoms with Gasteiger partial charge in [-0.2, -0.15) is 0 Å². The molecule has 0 aliphatic carbocycles. The van der Waals surface area contributed by atoms with E-state index in [1.165, 1.54) is 11.1 Å². The van der Waals surface area contributed by atoms with Crippen molar-refractivity contribution in [1.82, 2.24) is 15.0 Å². The Morgan fingerprint density at radius 3 is 2.68 bits per heavy atom. The van der Waals surface area contributed by atoms with Crippen LogP contribution < -0.4 is 10.6 Å². The molecule has 6 heteroatoms. The van der Waals surface area contributed by atoms with Crippen molar-refractivity contribution in [1.29, 1.82) is 0 Å². The van der Waals surface area contributed by atoms with Crippen LogP contribution in [0.2, 0.25) is 5.02 Å². The monoisotopic (exact) mass is 349 g/mol. The first-order valence-corrected chi connectivity index (χ1v) is 8.24. The van der Waals surface area contributed by atoms with Gasteiger partial charge in [0.05, 0.1) is 5.69 Å². The molecule has 1 aliphatic heterocycles. The Morgan fingerprint density at radius 2 is 1.84 bits per heavy atom. The average Bonchev–Trinajstić information content (AvgIpc) is 3.04. The standard InChI is InChI=1S/C19H16ClN5/c1-12(13-4-6-22-18(21)9-13)17-5-7-23-19(24-17)25-10-14-2-3-16(20)8-15(14)11-25/h2-9H,1,10-11H2,(H2,21,22). The van der Waals surface area contributed by atoms with Crippen LogP contribution >= 0.6 is 11.6 Å². The van der Waals surface area contributed by atoms with Gasteiger partial charge in [-0.1, -0.05) is 24.2 Å². The van der Waals surface area contributed by atoms with Crippen molar-refractivity contribution in [3.05, 3.63) is 82.8 Å². The van der Waals surface area contributed by atoms with Crippen molar-refractivity contribution in [2.24, 2.45) is 0 Å². The third-order valence-electron chi connectivity index (χ3n) is 4.26. The molecule has 3 heterocycles. The molecule has 1 aliphatic rings. The lowest BCUT2D eigenvalue weighted by Crippen LogP contribution is -2.18. The Kier molecular flexibility index (Phi) is 3.86. The number of aromatic nitrogens is 3. The molecule has 0 bridgehead atoms. The predicted octanol–water partition coefficient (Wildman–Crippen LogP) is 3.69. The molecule has 5 nitrogen and oxygen atoms in total. The molecule has 0 atom stereocenters. The molecule has 0 saturated carbocycles. The highest BCUT2D eigenvalue weighted by Crippen LogP contribution is 2.29. The van der Waals surface area contributed by atoms with E-state index in [0.29, 0.717) is 11.8 Å². The second-order valence-electron chi connectivity index (χ2n) is 5.96. The van der Waals surface area contributed by atoms with Gasteiger partial charge < -0.3 is 10.6 Å². The summed E-state index contributed by atoms with van der Waals surface area (Å²) in [5.41, 5.74) is 10.7. The van der Waals surface area contributed by atoms with E-state index in [2.05, 4.69) is 32.5 Å². The molecule has 0 radical (unpaired) electrons. The summed E-state index contributed by atoms with van der Waals surface area (Å²) in [4.78, 5) is 15.2. The number of anilines is 2. The molecule has 0 spiro atoms. The van der Waals surface area contributed by atoms with E-state index >= 15 is 0 Å². The van der Waals surface area contributed by atoms with Crippen molar-refractivity contribution < 1.29 is 0 Å². The molecule has 0 saturated heterocycles. The smallest absolute Gasteiger partial charge is 0.226 e. The molecule has 2 N–H and O–H groups in total. The third kappa shape index (κ3) is 3.06. The largest absolute Gasteiger partial charge is 0.384 e. The van der Waals surface area contributed by atoms with E-state index in [1.807, 2.05) is 24.3 Å². The van der Waals surface area contributed by atoms with E-state index in [4.69, 9.17) is 17.3 Å². The van der Waals surface area contributed by atoms with Gasteiger partial charge in [-0.3, -0.25) is 0 Å². The SMILES string of the molecule is C=C(c1ccnc(N)c1)c1ccnc(N2Cc3ccc(Cl)cc3C2)n1. The van der Waals surface area contributed by atoms with Gasteiger partial charge in [0.25, 0.3) is 0 Å². The van der Waals surface area contributed by atoms with Crippen LogP contribution in [0.4, 0.5) is 11.8 Å². The summed E-state index contributed by atoms with van der Waals surface area (Å²) in [6.07, 6.45) is 3.42. The molecule has 4 rings (SSSR count). The van der Waals surface area contributed by atoms with E-state index < -0.39 is 0 Å². The number of halogens is 1. The Balaban J connectivity index is 1.61. The zero-order chi connectivity index (χ0) is 17.4. The minimum Gasteiger partial charge on any atom is -0.384 e. The van der Waals surface area contributed by atoms with Gasteiger partial charge >= 0.3 is 0 Å². The third-order valence-corrected chi connectivity index (χ3v) is 4.49. The van der Waals surface area contributed by atoms with E-state index in [-0.39, 0.29) is 0 Å². The van der Waals surface area contributed by atoms with Gasteiger partial charge in [-0.15, -0.1) is 0 Å². The van der Waals surface area contributed by atoms with E-state index in [9.17, 15) is 0 Å². The van der Waals surface area contributed by atoms with Crippen molar-refractivity contribution in [3.8, 4) is 0 Å². The van der Waals surface area contributed by atoms with Crippen molar-refractivity contribution in [3.63, 3.8) is 0 Å². The molecule has 124 valence electrons.